The molecule has 6 N–H and O–H groups in total. The number of benzene rings is 2. The Bertz CT molecular complexity index is 1320. The minimum absolute atomic E-state index is 0.0154. The van der Waals surface area contributed by atoms with Crippen molar-refractivity contribution in [2.24, 2.45) is 4.99 Å². The van der Waals surface area contributed by atoms with Gasteiger partial charge in [-0.1, -0.05) is 12.1 Å². The highest BCUT2D eigenvalue weighted by Gasteiger charge is 2.31. The molecular formula is C21H18N8O2. The van der Waals surface area contributed by atoms with Crippen LogP contribution in [0.1, 0.15) is 22.7 Å². The molecule has 1 aliphatic rings. The summed E-state index contributed by atoms with van der Waals surface area (Å²) in [5, 5.41) is 25.7. The normalized spacial score (nSPS) is 14.5. The molecule has 0 aliphatic carbocycles. The van der Waals surface area contributed by atoms with E-state index in [1.807, 2.05) is 42.6 Å². The van der Waals surface area contributed by atoms with Gasteiger partial charge in [-0.15, -0.1) is 0 Å². The largest absolute Gasteiger partial charge is 0.496 e. The van der Waals surface area contributed by atoms with Crippen LogP contribution in [0, 0.1) is 22.8 Å². The Morgan fingerprint density at radius 3 is 2.58 bits per heavy atom. The molecule has 0 radical (unpaired) electrons. The first-order chi connectivity index (χ1) is 15.0. The molecule has 0 saturated heterocycles. The summed E-state index contributed by atoms with van der Waals surface area (Å²) >= 11 is 0. The van der Waals surface area contributed by atoms with Crippen molar-refractivity contribution in [1.29, 1.82) is 10.5 Å². The number of guanidine groups is 1. The monoisotopic (exact) mass is 414 g/mol. The van der Waals surface area contributed by atoms with Crippen LogP contribution < -0.4 is 31.6 Å². The average Bonchev–Trinajstić information content (AvgIpc) is 2.77. The molecular weight excluding hydrogens is 396 g/mol. The van der Waals surface area contributed by atoms with E-state index in [9.17, 15) is 5.26 Å². The first-order valence-corrected chi connectivity index (χ1v) is 9.15. The Hall–Kier alpha value is -4.70. The zero-order valence-electron chi connectivity index (χ0n) is 16.7. The van der Waals surface area contributed by atoms with E-state index in [1.54, 1.807) is 14.2 Å². The number of hydrogen-bond donors (Lipinski definition) is 4. The van der Waals surface area contributed by atoms with Crippen LogP contribution in [0.2, 0.25) is 0 Å². The number of aliphatic imine (C=N–C) groups is 1. The number of anilines is 3. The molecule has 0 fully saturated rings. The standard InChI is InChI=1S/C21H18N8O2/c1-30-14-5-3-4-10-6-12(15(31-2)7-11(10)14)18-16-17(24)13(8-22)19(25)28-20(16)29-21(27-18)26-9-23/h3-7,18H,1-2H3,(H6,24,25,26,27,28,29). The Morgan fingerprint density at radius 1 is 1.13 bits per heavy atom. The van der Waals surface area contributed by atoms with Crippen molar-refractivity contribution >= 4 is 34.1 Å². The van der Waals surface area contributed by atoms with Crippen LogP contribution in [0.15, 0.2) is 35.3 Å². The Kier molecular flexibility index (Phi) is 4.82. The highest BCUT2D eigenvalue weighted by molar-refractivity contribution is 5.99. The van der Waals surface area contributed by atoms with Crippen molar-refractivity contribution in [1.82, 2.24) is 10.3 Å². The number of aromatic nitrogens is 1. The molecule has 0 saturated carbocycles. The lowest BCUT2D eigenvalue weighted by atomic mass is 9.92. The van der Waals surface area contributed by atoms with Gasteiger partial charge in [0.25, 0.3) is 0 Å². The SMILES string of the molecule is COc1cc2c(OC)cccc2cc1C1N=C(NC#N)Nc2nc(N)c(C#N)c(N)c21. The molecule has 31 heavy (non-hydrogen) atoms. The molecule has 1 unspecified atom stereocenters. The van der Waals surface area contributed by atoms with E-state index in [0.29, 0.717) is 28.4 Å². The maximum Gasteiger partial charge on any atom is 0.211 e. The van der Waals surface area contributed by atoms with Gasteiger partial charge in [0, 0.05) is 16.5 Å². The summed E-state index contributed by atoms with van der Waals surface area (Å²) in [6.45, 7) is 0. The van der Waals surface area contributed by atoms with Crippen LogP contribution in [0.4, 0.5) is 17.3 Å². The molecule has 2 heterocycles. The minimum Gasteiger partial charge on any atom is -0.496 e. The summed E-state index contributed by atoms with van der Waals surface area (Å²) in [5.41, 5.74) is 13.6. The van der Waals surface area contributed by atoms with E-state index in [-0.39, 0.29) is 23.0 Å². The van der Waals surface area contributed by atoms with E-state index in [4.69, 9.17) is 26.2 Å². The van der Waals surface area contributed by atoms with Gasteiger partial charge in [-0.05, 0) is 23.6 Å². The lowest BCUT2D eigenvalue weighted by Crippen LogP contribution is -2.32. The Labute approximate surface area is 177 Å². The van der Waals surface area contributed by atoms with Crippen molar-refractivity contribution in [3.05, 3.63) is 47.0 Å². The van der Waals surface area contributed by atoms with Crippen LogP contribution in [0.25, 0.3) is 10.8 Å². The third-order valence-corrected chi connectivity index (χ3v) is 5.06. The van der Waals surface area contributed by atoms with E-state index in [2.05, 4.69) is 20.6 Å². The van der Waals surface area contributed by atoms with E-state index in [0.717, 1.165) is 10.8 Å². The first-order valence-electron chi connectivity index (χ1n) is 9.15. The number of nitriles is 2. The van der Waals surface area contributed by atoms with Gasteiger partial charge in [0.05, 0.1) is 19.9 Å². The van der Waals surface area contributed by atoms with Gasteiger partial charge in [-0.2, -0.15) is 10.5 Å². The Morgan fingerprint density at radius 2 is 1.90 bits per heavy atom. The number of methoxy groups -OCH3 is 2. The molecule has 0 spiro atoms. The van der Waals surface area contributed by atoms with Gasteiger partial charge in [-0.25, -0.2) is 9.98 Å². The molecule has 0 amide bonds. The fourth-order valence-electron chi connectivity index (χ4n) is 3.67. The summed E-state index contributed by atoms with van der Waals surface area (Å²) in [6, 6.07) is 10.7. The van der Waals surface area contributed by atoms with E-state index >= 15 is 0 Å². The third kappa shape index (κ3) is 3.12. The maximum absolute atomic E-state index is 9.49. The predicted octanol–water partition coefficient (Wildman–Crippen LogP) is 2.23. The number of ether oxygens (including phenoxy) is 2. The molecule has 0 bridgehead atoms. The lowest BCUT2D eigenvalue weighted by molar-refractivity contribution is 0.406. The van der Waals surface area contributed by atoms with E-state index in [1.165, 1.54) is 0 Å². The number of pyridine rings is 1. The topological polar surface area (TPSA) is 167 Å². The zero-order valence-corrected chi connectivity index (χ0v) is 16.7. The van der Waals surface area contributed by atoms with E-state index < -0.39 is 6.04 Å². The fourth-order valence-corrected chi connectivity index (χ4v) is 3.67. The van der Waals surface area contributed by atoms with Crippen LogP contribution in [0.5, 0.6) is 11.5 Å². The summed E-state index contributed by atoms with van der Waals surface area (Å²) < 4.78 is 11.1. The van der Waals surface area contributed by atoms with Gasteiger partial charge in [0.2, 0.25) is 5.96 Å². The molecule has 10 heteroatoms. The van der Waals surface area contributed by atoms with Crippen molar-refractivity contribution < 1.29 is 9.47 Å². The van der Waals surface area contributed by atoms with Crippen LogP contribution in [-0.4, -0.2) is 25.2 Å². The minimum atomic E-state index is -0.710. The number of hydrogen-bond acceptors (Lipinski definition) is 10. The zero-order chi connectivity index (χ0) is 22.1. The number of nitrogens with two attached hydrogens (primary N) is 2. The highest BCUT2D eigenvalue weighted by atomic mass is 16.5. The van der Waals surface area contributed by atoms with Gasteiger partial charge in [0.15, 0.2) is 6.19 Å². The molecule has 4 rings (SSSR count). The van der Waals surface area contributed by atoms with Gasteiger partial charge in [0.1, 0.15) is 40.8 Å². The molecule has 1 aromatic heterocycles. The van der Waals surface area contributed by atoms with Crippen molar-refractivity contribution in [3.8, 4) is 23.8 Å². The van der Waals surface area contributed by atoms with Gasteiger partial charge < -0.3 is 26.3 Å². The number of nitrogen functional groups attached to an aromatic ring is 2. The summed E-state index contributed by atoms with van der Waals surface area (Å²) in [6.07, 6.45) is 1.83. The third-order valence-electron chi connectivity index (χ3n) is 5.06. The lowest BCUT2D eigenvalue weighted by Gasteiger charge is -2.27. The van der Waals surface area contributed by atoms with Crippen molar-refractivity contribution in [2.45, 2.75) is 6.04 Å². The Balaban J connectivity index is 2.02. The van der Waals surface area contributed by atoms with Crippen molar-refractivity contribution in [3.63, 3.8) is 0 Å². The molecule has 10 nitrogen and oxygen atoms in total. The highest BCUT2D eigenvalue weighted by Crippen LogP contribution is 2.45. The summed E-state index contributed by atoms with van der Waals surface area (Å²) in [4.78, 5) is 8.87. The maximum atomic E-state index is 9.49. The molecule has 154 valence electrons. The predicted molar refractivity (Wildman–Crippen MR) is 116 cm³/mol. The van der Waals surface area contributed by atoms with Crippen molar-refractivity contribution in [2.75, 3.05) is 31.0 Å². The first kappa shape index (κ1) is 19.6. The molecule has 1 aliphatic heterocycles. The second-order valence-corrected chi connectivity index (χ2v) is 6.68. The number of fused-ring (bicyclic) bond motifs is 2. The fraction of sp³-hybridized carbons (Fsp3) is 0.143. The summed E-state index contributed by atoms with van der Waals surface area (Å²) in [5.74, 6) is 1.69. The molecule has 2 aromatic carbocycles. The summed E-state index contributed by atoms with van der Waals surface area (Å²) in [7, 11) is 3.15. The van der Waals surface area contributed by atoms with Crippen LogP contribution in [0.3, 0.4) is 0 Å². The second-order valence-electron chi connectivity index (χ2n) is 6.68. The molecule has 1 atom stereocenters. The van der Waals surface area contributed by atoms with Gasteiger partial charge in [-0.3, -0.25) is 5.32 Å². The number of rotatable bonds is 3. The molecule has 3 aromatic rings. The smallest absolute Gasteiger partial charge is 0.211 e. The average molecular weight is 414 g/mol. The van der Waals surface area contributed by atoms with Gasteiger partial charge >= 0.3 is 0 Å². The number of nitrogens with one attached hydrogen (secondary N) is 2. The second kappa shape index (κ2) is 7.61. The van der Waals surface area contributed by atoms with Crippen LogP contribution in [-0.2, 0) is 0 Å². The van der Waals surface area contributed by atoms with Crippen LogP contribution >= 0.6 is 0 Å². The quantitative estimate of drug-likeness (QED) is 0.371. The number of nitrogens with zero attached hydrogens (tertiary/aromatic N) is 4.